The number of hydrogen-bond donors (Lipinski definition) is 0. The lowest BCUT2D eigenvalue weighted by Gasteiger charge is -2.32. The highest BCUT2D eigenvalue weighted by molar-refractivity contribution is 5.77. The van der Waals surface area contributed by atoms with Gasteiger partial charge in [0.1, 0.15) is 19.0 Å². The fraction of sp³-hybridized carbons (Fsp3) is 0.478. The van der Waals surface area contributed by atoms with Gasteiger partial charge in [-0.1, -0.05) is 24.3 Å². The van der Waals surface area contributed by atoms with Gasteiger partial charge in [0.05, 0.1) is 13.2 Å². The van der Waals surface area contributed by atoms with E-state index in [0.29, 0.717) is 25.7 Å². The molecule has 1 aromatic heterocycles. The number of nitrogens with zero attached hydrogens (tertiary/aromatic N) is 2. The molecule has 3 rings (SSSR count). The molecule has 0 bridgehead atoms. The summed E-state index contributed by atoms with van der Waals surface area (Å²) in [6.45, 7) is 3.31. The molecule has 2 heterocycles. The van der Waals surface area contributed by atoms with Crippen LogP contribution < -0.4 is 4.74 Å². The van der Waals surface area contributed by atoms with Gasteiger partial charge in [0.2, 0.25) is 5.91 Å². The zero-order chi connectivity index (χ0) is 20.3. The van der Waals surface area contributed by atoms with Crippen LogP contribution in [0, 0.1) is 5.92 Å². The summed E-state index contributed by atoms with van der Waals surface area (Å²) in [6.07, 6.45) is 6.59. The van der Waals surface area contributed by atoms with E-state index in [4.69, 9.17) is 14.2 Å². The Kier molecular flexibility index (Phi) is 8.46. The summed E-state index contributed by atoms with van der Waals surface area (Å²) in [7, 11) is 1.62. The Labute approximate surface area is 172 Å². The monoisotopic (exact) mass is 398 g/mol. The zero-order valence-electron chi connectivity index (χ0n) is 17.1. The van der Waals surface area contributed by atoms with E-state index in [9.17, 15) is 4.79 Å². The fourth-order valence-electron chi connectivity index (χ4n) is 3.49. The number of pyridine rings is 1. The van der Waals surface area contributed by atoms with Crippen molar-refractivity contribution in [2.24, 2.45) is 5.92 Å². The number of carbonyl (C=O) groups is 1. The molecule has 0 spiro atoms. The quantitative estimate of drug-likeness (QED) is 0.576. The predicted molar refractivity (Wildman–Crippen MR) is 111 cm³/mol. The largest absolute Gasteiger partial charge is 0.489 e. The van der Waals surface area contributed by atoms with Gasteiger partial charge in [-0.25, -0.2) is 0 Å². The van der Waals surface area contributed by atoms with Crippen molar-refractivity contribution in [3.63, 3.8) is 0 Å². The van der Waals surface area contributed by atoms with Gasteiger partial charge in [-0.3, -0.25) is 9.78 Å². The maximum atomic E-state index is 12.2. The second-order valence-electron chi connectivity index (χ2n) is 7.36. The maximum Gasteiger partial charge on any atom is 0.248 e. The minimum atomic E-state index is 0.0816. The lowest BCUT2D eigenvalue weighted by molar-refractivity contribution is -0.137. The van der Waals surface area contributed by atoms with Crippen molar-refractivity contribution < 1.29 is 19.0 Å². The summed E-state index contributed by atoms with van der Waals surface area (Å²) >= 11 is 0. The molecule has 0 unspecified atom stereocenters. The number of likely N-dealkylation sites (tertiary alicyclic amines) is 1. The number of hydrogen-bond acceptors (Lipinski definition) is 5. The van der Waals surface area contributed by atoms with E-state index in [1.165, 1.54) is 5.56 Å². The molecule has 0 aliphatic carbocycles. The maximum absolute atomic E-state index is 12.2. The summed E-state index contributed by atoms with van der Waals surface area (Å²) in [6, 6.07) is 12.4. The summed E-state index contributed by atoms with van der Waals surface area (Å²) < 4.78 is 16.0. The molecular weight excluding hydrogens is 368 g/mol. The molecule has 29 heavy (non-hydrogen) atoms. The smallest absolute Gasteiger partial charge is 0.248 e. The van der Waals surface area contributed by atoms with Crippen LogP contribution in [0.5, 0.6) is 5.75 Å². The van der Waals surface area contributed by atoms with Crippen LogP contribution in [0.1, 0.15) is 24.0 Å². The molecule has 1 fully saturated rings. The molecule has 6 nitrogen and oxygen atoms in total. The second kappa shape index (κ2) is 11.5. The molecule has 6 heteroatoms. The van der Waals surface area contributed by atoms with Gasteiger partial charge in [-0.2, -0.15) is 0 Å². The van der Waals surface area contributed by atoms with E-state index in [0.717, 1.165) is 43.7 Å². The minimum Gasteiger partial charge on any atom is -0.489 e. The summed E-state index contributed by atoms with van der Waals surface area (Å²) in [5.41, 5.74) is 2.49. The summed E-state index contributed by atoms with van der Waals surface area (Å²) in [5.74, 6) is 1.53. The number of methoxy groups -OCH3 is 1. The third-order valence-electron chi connectivity index (χ3n) is 5.23. The van der Waals surface area contributed by atoms with Crippen molar-refractivity contribution >= 4 is 5.91 Å². The Morgan fingerprint density at radius 3 is 2.41 bits per heavy atom. The van der Waals surface area contributed by atoms with Gasteiger partial charge in [0.25, 0.3) is 0 Å². The SMILES string of the molecule is COCCOCC(=O)N1CCC(Cc2ccc(COc3ccncc3)cc2)CC1. The molecule has 1 amide bonds. The molecule has 1 aliphatic rings. The number of benzene rings is 1. The van der Waals surface area contributed by atoms with Crippen molar-refractivity contribution in [2.45, 2.75) is 25.9 Å². The van der Waals surface area contributed by atoms with Gasteiger partial charge >= 0.3 is 0 Å². The van der Waals surface area contributed by atoms with E-state index >= 15 is 0 Å². The standard InChI is InChI=1S/C23H30N2O4/c1-27-14-15-28-18-23(26)25-12-8-20(9-13-25)16-19-2-4-21(5-3-19)17-29-22-6-10-24-11-7-22/h2-7,10-11,20H,8-9,12-18H2,1H3. The lowest BCUT2D eigenvalue weighted by Crippen LogP contribution is -2.40. The molecule has 0 radical (unpaired) electrons. The number of aromatic nitrogens is 1. The average molecular weight is 399 g/mol. The second-order valence-corrected chi connectivity index (χ2v) is 7.36. The van der Waals surface area contributed by atoms with Crippen molar-refractivity contribution in [1.29, 1.82) is 0 Å². The number of piperidine rings is 1. The Hall–Kier alpha value is -2.44. The van der Waals surface area contributed by atoms with Crippen LogP contribution in [0.3, 0.4) is 0 Å². The van der Waals surface area contributed by atoms with Gasteiger partial charge in [0.15, 0.2) is 0 Å². The highest BCUT2D eigenvalue weighted by Gasteiger charge is 2.22. The van der Waals surface area contributed by atoms with E-state index in [-0.39, 0.29) is 12.5 Å². The van der Waals surface area contributed by atoms with Crippen LogP contribution >= 0.6 is 0 Å². The van der Waals surface area contributed by atoms with Crippen LogP contribution in [-0.2, 0) is 27.3 Å². The van der Waals surface area contributed by atoms with Crippen molar-refractivity contribution in [3.05, 3.63) is 59.9 Å². The first kappa shape index (κ1) is 21.3. The molecule has 0 saturated carbocycles. The zero-order valence-corrected chi connectivity index (χ0v) is 17.1. The Morgan fingerprint density at radius 2 is 1.72 bits per heavy atom. The topological polar surface area (TPSA) is 60.9 Å². The highest BCUT2D eigenvalue weighted by Crippen LogP contribution is 2.22. The normalized spacial score (nSPS) is 14.7. The molecule has 0 atom stereocenters. The number of amides is 1. The first-order chi connectivity index (χ1) is 14.2. The first-order valence-corrected chi connectivity index (χ1v) is 10.2. The Morgan fingerprint density at radius 1 is 1.03 bits per heavy atom. The number of carbonyl (C=O) groups excluding carboxylic acids is 1. The predicted octanol–water partition coefficient (Wildman–Crippen LogP) is 3.10. The van der Waals surface area contributed by atoms with Crippen LogP contribution in [0.2, 0.25) is 0 Å². The van der Waals surface area contributed by atoms with Gasteiger partial charge in [0, 0.05) is 32.6 Å². The first-order valence-electron chi connectivity index (χ1n) is 10.2. The van der Waals surface area contributed by atoms with Crippen LogP contribution in [0.25, 0.3) is 0 Å². The van der Waals surface area contributed by atoms with Crippen LogP contribution in [-0.4, -0.2) is 55.8 Å². The average Bonchev–Trinajstić information content (AvgIpc) is 2.77. The Bertz CT molecular complexity index is 728. The molecule has 0 N–H and O–H groups in total. The van der Waals surface area contributed by atoms with Crippen molar-refractivity contribution in [1.82, 2.24) is 9.88 Å². The van der Waals surface area contributed by atoms with Gasteiger partial charge in [-0.15, -0.1) is 0 Å². The molecule has 156 valence electrons. The highest BCUT2D eigenvalue weighted by atomic mass is 16.5. The third-order valence-corrected chi connectivity index (χ3v) is 5.23. The summed E-state index contributed by atoms with van der Waals surface area (Å²) in [5, 5.41) is 0. The molecule has 1 aliphatic heterocycles. The number of ether oxygens (including phenoxy) is 3. The van der Waals surface area contributed by atoms with E-state index in [1.807, 2.05) is 17.0 Å². The van der Waals surface area contributed by atoms with Crippen LogP contribution in [0.15, 0.2) is 48.8 Å². The van der Waals surface area contributed by atoms with Crippen LogP contribution in [0.4, 0.5) is 0 Å². The van der Waals surface area contributed by atoms with Gasteiger partial charge in [-0.05, 0) is 48.4 Å². The lowest BCUT2D eigenvalue weighted by atomic mass is 9.90. The molecule has 2 aromatic rings. The summed E-state index contributed by atoms with van der Waals surface area (Å²) in [4.78, 5) is 18.1. The Balaban J connectivity index is 1.37. The fourth-order valence-corrected chi connectivity index (χ4v) is 3.49. The molecule has 1 aromatic carbocycles. The molecular formula is C23H30N2O4. The van der Waals surface area contributed by atoms with E-state index in [2.05, 4.69) is 29.2 Å². The van der Waals surface area contributed by atoms with Gasteiger partial charge < -0.3 is 19.1 Å². The van der Waals surface area contributed by atoms with E-state index < -0.39 is 0 Å². The van der Waals surface area contributed by atoms with Crippen molar-refractivity contribution in [3.8, 4) is 5.75 Å². The molecule has 1 saturated heterocycles. The van der Waals surface area contributed by atoms with Crippen molar-refractivity contribution in [2.75, 3.05) is 40.0 Å². The number of rotatable bonds is 10. The minimum absolute atomic E-state index is 0.0816. The third kappa shape index (κ3) is 7.15. The van der Waals surface area contributed by atoms with E-state index in [1.54, 1.807) is 19.5 Å².